The Bertz CT molecular complexity index is 395. The van der Waals surface area contributed by atoms with Crippen LogP contribution in [-0.4, -0.2) is 12.3 Å². The van der Waals surface area contributed by atoms with Gasteiger partial charge in [0.25, 0.3) is 0 Å². The fourth-order valence-electron chi connectivity index (χ4n) is 1.59. The zero-order valence-corrected chi connectivity index (χ0v) is 8.29. The first-order valence-electron chi connectivity index (χ1n) is 4.96. The lowest BCUT2D eigenvalue weighted by atomic mass is 10.1. The summed E-state index contributed by atoms with van der Waals surface area (Å²) in [5.74, 6) is 0.00643. The van der Waals surface area contributed by atoms with Gasteiger partial charge < -0.3 is 5.32 Å². The van der Waals surface area contributed by atoms with Crippen LogP contribution < -0.4 is 5.32 Å². The highest BCUT2D eigenvalue weighted by Gasteiger charge is 2.11. The zero-order valence-electron chi connectivity index (χ0n) is 8.29. The smallest absolute Gasteiger partial charge is 0.140 e. The van der Waals surface area contributed by atoms with Crippen LogP contribution in [0.5, 0.6) is 0 Å². The molecule has 2 rings (SSSR count). The van der Waals surface area contributed by atoms with E-state index < -0.39 is 0 Å². The second-order valence-corrected chi connectivity index (χ2v) is 3.61. The minimum absolute atomic E-state index is 0.246. The van der Waals surface area contributed by atoms with Gasteiger partial charge in [-0.1, -0.05) is 12.1 Å². The van der Waals surface area contributed by atoms with E-state index in [0.29, 0.717) is 19.4 Å². The molecular weight excluding hydrogens is 193 g/mol. The van der Waals surface area contributed by atoms with Crippen molar-refractivity contribution in [2.75, 3.05) is 6.54 Å². The predicted molar refractivity (Wildman–Crippen MR) is 56.6 cm³/mol. The lowest BCUT2D eigenvalue weighted by Crippen LogP contribution is -2.25. The first kappa shape index (κ1) is 9.90. The molecule has 1 aliphatic heterocycles. The molecule has 1 aliphatic rings. The summed E-state index contributed by atoms with van der Waals surface area (Å²) in [6.45, 7) is 0.700. The predicted octanol–water partition coefficient (Wildman–Crippen LogP) is 2.12. The minimum atomic E-state index is -0.246. The number of carbonyl (C=O) groups excluding carboxylic acids is 1. The van der Waals surface area contributed by atoms with Gasteiger partial charge in [0.2, 0.25) is 0 Å². The number of hydrogen-bond donors (Lipinski definition) is 1. The fraction of sp³-hybridized carbons (Fsp3) is 0.250. The third-order valence-corrected chi connectivity index (χ3v) is 2.35. The topological polar surface area (TPSA) is 29.1 Å². The number of benzene rings is 1. The summed E-state index contributed by atoms with van der Waals surface area (Å²) in [7, 11) is 0. The molecule has 1 aromatic carbocycles. The second kappa shape index (κ2) is 4.26. The van der Waals surface area contributed by atoms with E-state index in [4.69, 9.17) is 0 Å². The van der Waals surface area contributed by atoms with Crippen molar-refractivity contribution < 1.29 is 9.18 Å². The van der Waals surface area contributed by atoms with Gasteiger partial charge in [-0.3, -0.25) is 4.79 Å². The Morgan fingerprint density at radius 2 is 2.00 bits per heavy atom. The summed E-state index contributed by atoms with van der Waals surface area (Å²) in [5, 5.41) is 3.16. The first-order chi connectivity index (χ1) is 7.24. The normalized spacial score (nSPS) is 19.0. The van der Waals surface area contributed by atoms with Crippen molar-refractivity contribution in [3.05, 3.63) is 41.3 Å². The number of ketones is 1. The SMILES string of the molecule is O=C1CCN/C(=C\c2ccc(F)cc2)C1. The van der Waals surface area contributed by atoms with Crippen LogP contribution in [0.1, 0.15) is 18.4 Å². The van der Waals surface area contributed by atoms with Crippen LogP contribution in [0.15, 0.2) is 30.0 Å². The van der Waals surface area contributed by atoms with Gasteiger partial charge in [0.05, 0.1) is 0 Å². The van der Waals surface area contributed by atoms with E-state index in [-0.39, 0.29) is 11.6 Å². The van der Waals surface area contributed by atoms with Gasteiger partial charge in [0.1, 0.15) is 11.6 Å². The summed E-state index contributed by atoms with van der Waals surface area (Å²) in [4.78, 5) is 11.2. The highest BCUT2D eigenvalue weighted by Crippen LogP contribution is 2.12. The van der Waals surface area contributed by atoms with E-state index in [2.05, 4.69) is 5.32 Å². The lowest BCUT2D eigenvalue weighted by molar-refractivity contribution is -0.119. The van der Waals surface area contributed by atoms with Gasteiger partial charge in [-0.05, 0) is 23.8 Å². The minimum Gasteiger partial charge on any atom is -0.388 e. The molecule has 0 unspecified atom stereocenters. The van der Waals surface area contributed by atoms with Crippen molar-refractivity contribution in [2.24, 2.45) is 0 Å². The molecule has 0 aliphatic carbocycles. The molecule has 1 saturated heterocycles. The molecule has 0 bridgehead atoms. The van der Waals surface area contributed by atoms with Crippen molar-refractivity contribution in [2.45, 2.75) is 12.8 Å². The van der Waals surface area contributed by atoms with Crippen molar-refractivity contribution in [1.82, 2.24) is 5.32 Å². The molecule has 78 valence electrons. The van der Waals surface area contributed by atoms with Crippen LogP contribution in [0.4, 0.5) is 4.39 Å². The second-order valence-electron chi connectivity index (χ2n) is 3.61. The standard InChI is InChI=1S/C12H12FNO/c13-10-3-1-9(2-4-10)7-11-8-12(15)5-6-14-11/h1-4,7,14H,5-6,8H2/b11-7-. The van der Waals surface area contributed by atoms with Gasteiger partial charge in [-0.2, -0.15) is 0 Å². The van der Waals surface area contributed by atoms with E-state index in [1.165, 1.54) is 12.1 Å². The third kappa shape index (κ3) is 2.65. The maximum Gasteiger partial charge on any atom is 0.140 e. The van der Waals surface area contributed by atoms with E-state index in [1.54, 1.807) is 12.1 Å². The monoisotopic (exact) mass is 205 g/mol. The number of piperidine rings is 1. The summed E-state index contributed by atoms with van der Waals surface area (Å²) in [5.41, 5.74) is 1.83. The van der Waals surface area contributed by atoms with Crippen molar-refractivity contribution in [1.29, 1.82) is 0 Å². The highest BCUT2D eigenvalue weighted by molar-refractivity contribution is 5.83. The van der Waals surface area contributed by atoms with Gasteiger partial charge in [0, 0.05) is 25.1 Å². The Kier molecular flexibility index (Phi) is 2.81. The van der Waals surface area contributed by atoms with Gasteiger partial charge in [0.15, 0.2) is 0 Å². The summed E-state index contributed by atoms with van der Waals surface area (Å²) < 4.78 is 12.6. The zero-order chi connectivity index (χ0) is 10.7. The number of Topliss-reactive ketones (excluding diaryl/α,β-unsaturated/α-hetero) is 1. The Labute approximate surface area is 87.8 Å². The molecule has 3 heteroatoms. The molecule has 1 N–H and O–H groups in total. The van der Waals surface area contributed by atoms with E-state index in [0.717, 1.165) is 11.3 Å². The molecule has 0 spiro atoms. The van der Waals surface area contributed by atoms with Crippen LogP contribution in [-0.2, 0) is 4.79 Å². The highest BCUT2D eigenvalue weighted by atomic mass is 19.1. The average molecular weight is 205 g/mol. The average Bonchev–Trinajstić information content (AvgIpc) is 2.22. The van der Waals surface area contributed by atoms with E-state index in [9.17, 15) is 9.18 Å². The molecule has 2 nitrogen and oxygen atoms in total. The number of hydrogen-bond acceptors (Lipinski definition) is 2. The van der Waals surface area contributed by atoms with Crippen LogP contribution >= 0.6 is 0 Å². The Hall–Kier alpha value is -1.64. The van der Waals surface area contributed by atoms with Crippen LogP contribution in [0.3, 0.4) is 0 Å². The van der Waals surface area contributed by atoms with Crippen LogP contribution in [0, 0.1) is 5.82 Å². The van der Waals surface area contributed by atoms with E-state index >= 15 is 0 Å². The Morgan fingerprint density at radius 1 is 1.27 bits per heavy atom. The number of carbonyl (C=O) groups is 1. The molecule has 15 heavy (non-hydrogen) atoms. The van der Waals surface area contributed by atoms with Crippen molar-refractivity contribution in [3.63, 3.8) is 0 Å². The number of rotatable bonds is 1. The third-order valence-electron chi connectivity index (χ3n) is 2.35. The summed E-state index contributed by atoms with van der Waals surface area (Å²) in [6, 6.07) is 6.22. The number of nitrogens with one attached hydrogen (secondary N) is 1. The molecule has 0 atom stereocenters. The van der Waals surface area contributed by atoms with Crippen LogP contribution in [0.25, 0.3) is 6.08 Å². The maximum absolute atomic E-state index is 12.6. The molecule has 0 radical (unpaired) electrons. The first-order valence-corrected chi connectivity index (χ1v) is 4.96. The Morgan fingerprint density at radius 3 is 2.67 bits per heavy atom. The molecule has 1 heterocycles. The lowest BCUT2D eigenvalue weighted by Gasteiger charge is -2.15. The van der Waals surface area contributed by atoms with Crippen molar-refractivity contribution >= 4 is 11.9 Å². The molecule has 0 aromatic heterocycles. The number of allylic oxidation sites excluding steroid dienone is 1. The largest absolute Gasteiger partial charge is 0.388 e. The molecule has 0 amide bonds. The molecular formula is C12H12FNO. The van der Waals surface area contributed by atoms with Crippen LogP contribution in [0.2, 0.25) is 0 Å². The molecule has 0 saturated carbocycles. The van der Waals surface area contributed by atoms with Gasteiger partial charge in [-0.15, -0.1) is 0 Å². The van der Waals surface area contributed by atoms with Crippen molar-refractivity contribution in [3.8, 4) is 0 Å². The Balaban J connectivity index is 2.15. The van der Waals surface area contributed by atoms with Gasteiger partial charge in [-0.25, -0.2) is 4.39 Å². The number of halogens is 1. The van der Waals surface area contributed by atoms with Gasteiger partial charge >= 0.3 is 0 Å². The fourth-order valence-corrected chi connectivity index (χ4v) is 1.59. The van der Waals surface area contributed by atoms with E-state index in [1.807, 2.05) is 6.08 Å². The molecule has 1 fully saturated rings. The summed E-state index contributed by atoms with van der Waals surface area (Å²) in [6.07, 6.45) is 2.94. The summed E-state index contributed by atoms with van der Waals surface area (Å²) >= 11 is 0. The quantitative estimate of drug-likeness (QED) is 0.760. The molecule has 1 aromatic rings. The maximum atomic E-state index is 12.6.